The van der Waals surface area contributed by atoms with Crippen molar-refractivity contribution in [1.82, 2.24) is 52.8 Å². The number of nitrogens with zero attached hydrogens (tertiary/aromatic N) is 1. The number of carboxylic acids is 1. The fourth-order valence-electron chi connectivity index (χ4n) is 14.8. The van der Waals surface area contributed by atoms with Crippen LogP contribution in [0.1, 0.15) is 221 Å². The minimum Gasteiger partial charge on any atom is -0.508 e. The average Bonchev–Trinajstić information content (AvgIpc) is 0.750. The van der Waals surface area contributed by atoms with E-state index in [1.165, 1.54) is 41.3 Å². The van der Waals surface area contributed by atoms with E-state index in [4.69, 9.17) is 51.6 Å². The fourth-order valence-corrected chi connectivity index (χ4v) is 15.3. The number of hydrogen-bond acceptors (Lipinski definition) is 24. The Morgan fingerprint density at radius 3 is 1.70 bits per heavy atom. The second-order valence-corrected chi connectivity index (χ2v) is 35.1. The number of carboxylic acid groups (broad SMARTS) is 1. The van der Waals surface area contributed by atoms with Crippen LogP contribution in [0.15, 0.2) is 109 Å². The molecule has 0 radical (unpaired) electrons. The van der Waals surface area contributed by atoms with Gasteiger partial charge in [-0.25, -0.2) is 19.2 Å². The monoisotopic (exact) mass is 1790 g/mol. The number of phenols is 6. The predicted octanol–water partition coefficient (Wildman–Crippen LogP) is 12.6. The van der Waals surface area contributed by atoms with Gasteiger partial charge in [0.05, 0.1) is 22.2 Å². The lowest BCUT2D eigenvalue weighted by Gasteiger charge is -2.32. The number of ether oxygens (including phenoxy) is 6. The van der Waals surface area contributed by atoms with Gasteiger partial charge in [-0.2, -0.15) is 0 Å². The summed E-state index contributed by atoms with van der Waals surface area (Å²) in [6.07, 6.45) is 1.30. The van der Waals surface area contributed by atoms with Gasteiger partial charge in [-0.15, -0.1) is 0 Å². The number of carbonyl (C=O) groups excluding carboxylic acids is 10. The first-order valence-electron chi connectivity index (χ1n) is 41.4. The van der Waals surface area contributed by atoms with Crippen LogP contribution in [-0.2, 0) is 65.5 Å². The molecule has 0 saturated carbocycles. The van der Waals surface area contributed by atoms with Gasteiger partial charge in [0, 0.05) is 42.3 Å². The Hall–Kier alpha value is -13.2. The van der Waals surface area contributed by atoms with E-state index < -0.39 is 229 Å². The van der Waals surface area contributed by atoms with E-state index >= 15 is 33.6 Å². The van der Waals surface area contributed by atoms with Gasteiger partial charge in [0.15, 0.2) is 29.0 Å². The number of halogens is 2. The number of carbonyl (C=O) groups is 11. The minimum atomic E-state index is -2.42. The second kappa shape index (κ2) is 40.0. The van der Waals surface area contributed by atoms with Gasteiger partial charge >= 0.3 is 24.2 Å². The number of aromatic hydroxyl groups is 6. The summed E-state index contributed by atoms with van der Waals surface area (Å²) in [6.45, 7) is 16.0. The average molecular weight is 1800 g/mol. The number of aliphatic hydroxyl groups excluding tert-OH is 1. The molecule has 17 bridgehead atoms. The Morgan fingerprint density at radius 1 is 0.512 bits per heavy atom. The molecular formula is C90H104Cl2N10O25. The Balaban J connectivity index is 1.08. The maximum absolute atomic E-state index is 16.4. The number of amides is 10. The summed E-state index contributed by atoms with van der Waals surface area (Å²) in [4.78, 5) is 165. The summed E-state index contributed by atoms with van der Waals surface area (Å²) >= 11 is 14.0. The number of benzene rings is 7. The lowest BCUT2D eigenvalue weighted by Crippen LogP contribution is -2.55. The summed E-state index contributed by atoms with van der Waals surface area (Å²) in [5.41, 5.74) is -6.66. The molecule has 678 valence electrons. The molecule has 9 atom stereocenters. The molecule has 0 saturated heterocycles. The third-order valence-corrected chi connectivity index (χ3v) is 21.4. The van der Waals surface area contributed by atoms with E-state index in [2.05, 4.69) is 54.8 Å². The van der Waals surface area contributed by atoms with E-state index in [0.717, 1.165) is 111 Å². The zero-order valence-electron chi connectivity index (χ0n) is 71.4. The molecule has 0 aromatic heterocycles. The summed E-state index contributed by atoms with van der Waals surface area (Å²) in [5.74, 6) is -17.8. The van der Waals surface area contributed by atoms with Crippen molar-refractivity contribution in [2.24, 2.45) is 0 Å². The third kappa shape index (κ3) is 24.1. The first-order valence-corrected chi connectivity index (χ1v) is 42.2. The molecule has 0 fully saturated rings. The molecule has 35 nitrogen and oxygen atoms in total. The van der Waals surface area contributed by atoms with Crippen LogP contribution in [0.25, 0.3) is 11.1 Å². The normalized spacial score (nSPS) is 19.1. The number of aliphatic carboxylic acids is 1. The Morgan fingerprint density at radius 2 is 1.07 bits per heavy atom. The van der Waals surface area contributed by atoms with Gasteiger partial charge in [0.1, 0.15) is 105 Å². The number of alkyl carbamates (subject to hydrolysis) is 3. The number of rotatable bonds is 20. The lowest BCUT2D eigenvalue weighted by molar-refractivity contribution is -0.143. The highest BCUT2D eigenvalue weighted by molar-refractivity contribution is 6.32. The van der Waals surface area contributed by atoms with Gasteiger partial charge in [0.2, 0.25) is 47.1 Å². The first kappa shape index (κ1) is 94.5. The maximum atomic E-state index is 16.4. The van der Waals surface area contributed by atoms with Crippen LogP contribution >= 0.6 is 23.2 Å². The van der Waals surface area contributed by atoms with Crippen LogP contribution in [0.3, 0.4) is 0 Å². The van der Waals surface area contributed by atoms with Crippen LogP contribution in [0.2, 0.25) is 10.0 Å². The lowest BCUT2D eigenvalue weighted by atomic mass is 9.87. The van der Waals surface area contributed by atoms with Crippen LogP contribution < -0.4 is 62.1 Å². The number of hydrogen-bond donors (Lipinski definition) is 17. The van der Waals surface area contributed by atoms with E-state index in [-0.39, 0.29) is 87.6 Å². The van der Waals surface area contributed by atoms with Crippen molar-refractivity contribution in [3.63, 3.8) is 0 Å². The van der Waals surface area contributed by atoms with Crippen molar-refractivity contribution in [2.45, 2.75) is 224 Å². The van der Waals surface area contributed by atoms with Gasteiger partial charge in [0.25, 0.3) is 0 Å². The van der Waals surface area contributed by atoms with Crippen LogP contribution in [0.4, 0.5) is 14.4 Å². The topological polar surface area (TPSA) is 516 Å². The molecule has 6 aliphatic rings. The smallest absolute Gasteiger partial charge is 0.408 e. The van der Waals surface area contributed by atoms with Crippen LogP contribution in [0.5, 0.6) is 69.0 Å². The Labute approximate surface area is 740 Å². The Kier molecular flexibility index (Phi) is 29.8. The highest BCUT2D eigenvalue weighted by Gasteiger charge is 2.43. The van der Waals surface area contributed by atoms with E-state index in [1.54, 1.807) is 62.3 Å². The standard InChI is InChI=1S/C90H104Cl2N10O25/c1-11-12-13-14-15-16-17-20-31-102(83(116)57(95-86(120)126-89(5,6)7)21-18-19-30-93-85(119)125-88(2,3)4)43-54-61(106)42-53-67(75(54)108)52-36-45(23-26-59(52)104)68-79(112)100-73(82(115)99-72(53)84(117)118)74(107)47-25-29-63(56(92)37-47)124-66-40-49-39-65(76(66)109)123-62-28-22-44(32-55(62)91)33-58-77(110)96-70(80(113)98-71(49)81(114)97-68)48-34-50(103)41-51(35-48)122-64-38-46(24-27-60(64)105)69(78(111)94-58)101-87(121)127-90(8,9)10/h22-29,32,34-42,57-58,68-74,103-109H,11-21,30-31,33,43H2,1-10H3,(H,93,119)(H,94,111)(H,95,120)(H,96,110)(H,97,114)(H,98,113)(H,99,115)(H,100,112)(H,101,121)(H,117,118)/t57?,58-,68-,69+,70-,71-,72-,73-,74?/m0/s1. The fraction of sp³-hybridized carbons (Fsp3) is 0.411. The SMILES string of the molecule is CCCCCCCCCCN(Cc1c(O)cc2c(c1O)-c1cc(ccc1O)[C@@H]1NC(=O)[C@H]3NC(=O)[C@H]4NC(=O)[C@H](Cc5ccc(c(Cl)c5)Oc5cc3cc(c5O)Oc3ccc(cc3Cl)C(O)[C@H](NC1=O)C(=O)N[C@@H]2C(=O)O)NC(=O)[C@H](NC(=O)OC(C)(C)C)c1ccc(O)c(c1)Oc1cc(O)cc4c1)C(=O)C(CCCCNC(=O)OC(C)(C)C)NC(=O)OC(C)(C)C. The van der Waals surface area contributed by atoms with Crippen molar-refractivity contribution in [3.05, 3.63) is 164 Å². The quantitative estimate of drug-likeness (QED) is 0.0249. The number of unbranched alkanes of at least 4 members (excludes halogenated alkanes) is 8. The molecule has 6 aliphatic heterocycles. The van der Waals surface area contributed by atoms with Crippen molar-refractivity contribution in [1.29, 1.82) is 0 Å². The molecule has 6 heterocycles. The summed E-state index contributed by atoms with van der Waals surface area (Å²) in [7, 11) is 0. The first-order chi connectivity index (χ1) is 59.9. The third-order valence-electron chi connectivity index (χ3n) is 20.9. The molecule has 37 heteroatoms. The molecule has 2 unspecified atom stereocenters. The van der Waals surface area contributed by atoms with Crippen molar-refractivity contribution < 1.29 is 122 Å². The Bertz CT molecular complexity index is 5400. The number of phenolic OH excluding ortho intramolecular Hbond substituents is 6. The zero-order valence-corrected chi connectivity index (χ0v) is 72.9. The second-order valence-electron chi connectivity index (χ2n) is 34.3. The van der Waals surface area contributed by atoms with Gasteiger partial charge in [-0.05, 0) is 200 Å². The van der Waals surface area contributed by atoms with Crippen LogP contribution in [-0.4, -0.2) is 159 Å². The van der Waals surface area contributed by atoms with Crippen molar-refractivity contribution in [3.8, 4) is 80.1 Å². The largest absolute Gasteiger partial charge is 0.508 e. The number of aliphatic hydroxyl groups is 1. The highest BCUT2D eigenvalue weighted by atomic mass is 35.5. The maximum Gasteiger partial charge on any atom is 0.408 e. The summed E-state index contributed by atoms with van der Waals surface area (Å²) in [5, 5.41) is 120. The molecule has 0 aliphatic carbocycles. The molecule has 13 rings (SSSR count). The van der Waals surface area contributed by atoms with E-state index in [1.807, 2.05) is 0 Å². The predicted molar refractivity (Wildman–Crippen MR) is 459 cm³/mol. The zero-order chi connectivity index (χ0) is 92.4. The van der Waals surface area contributed by atoms with Crippen molar-refractivity contribution in [2.75, 3.05) is 13.1 Å². The summed E-state index contributed by atoms with van der Waals surface area (Å²) in [6, 6.07) is 3.84. The molecule has 17 N–H and O–H groups in total. The molecular weight excluding hydrogens is 1690 g/mol. The molecule has 7 aromatic carbocycles. The van der Waals surface area contributed by atoms with Gasteiger partial charge < -0.3 is 122 Å². The number of fused-ring (bicyclic) bond motifs is 14. The molecule has 7 aromatic rings. The van der Waals surface area contributed by atoms with E-state index in [0.29, 0.717) is 12.8 Å². The molecule has 0 spiro atoms. The molecule has 10 amide bonds. The van der Waals surface area contributed by atoms with Gasteiger partial charge in [-0.3, -0.25) is 33.6 Å². The van der Waals surface area contributed by atoms with Crippen LogP contribution in [0, 0.1) is 0 Å². The number of nitrogens with one attached hydrogen (secondary N) is 9. The minimum absolute atomic E-state index is 0.0356. The van der Waals surface area contributed by atoms with Crippen molar-refractivity contribution >= 4 is 88.8 Å². The van der Waals surface area contributed by atoms with E-state index in [9.17, 15) is 60.0 Å². The van der Waals surface area contributed by atoms with Gasteiger partial charge in [-0.1, -0.05) is 99.3 Å². The summed E-state index contributed by atoms with van der Waals surface area (Å²) < 4.78 is 35.4. The highest BCUT2D eigenvalue weighted by Crippen LogP contribution is 2.50. The molecule has 127 heavy (non-hydrogen) atoms.